The molecule has 0 unspecified atom stereocenters. The molecule has 2 bridgehead atoms. The van der Waals surface area contributed by atoms with Crippen LogP contribution in [0.4, 0.5) is 18.9 Å². The zero-order chi connectivity index (χ0) is 31.9. The fourth-order valence-corrected chi connectivity index (χ4v) is 6.30. The summed E-state index contributed by atoms with van der Waals surface area (Å²) in [5.74, 6) is -0.249. The van der Waals surface area contributed by atoms with E-state index >= 15 is 0 Å². The van der Waals surface area contributed by atoms with Crippen molar-refractivity contribution in [2.45, 2.75) is 82.2 Å². The molecule has 2 saturated heterocycles. The third kappa shape index (κ3) is 6.78. The normalized spacial score (nSPS) is 22.0. The van der Waals surface area contributed by atoms with Gasteiger partial charge in [-0.25, -0.2) is 0 Å². The van der Waals surface area contributed by atoms with E-state index in [2.05, 4.69) is 46.3 Å². The van der Waals surface area contributed by atoms with Crippen LogP contribution in [0, 0.1) is 0 Å². The van der Waals surface area contributed by atoms with Crippen LogP contribution in [-0.4, -0.2) is 76.7 Å². The summed E-state index contributed by atoms with van der Waals surface area (Å²) >= 11 is 0. The number of carbonyl (C=O) groups excluding carboxylic acids is 1. The minimum absolute atomic E-state index is 0.136. The van der Waals surface area contributed by atoms with E-state index in [-0.39, 0.29) is 28.3 Å². The molecule has 2 aromatic heterocycles. The van der Waals surface area contributed by atoms with E-state index in [1.54, 1.807) is 23.0 Å². The minimum Gasteiger partial charge on any atom is -0.377 e. The van der Waals surface area contributed by atoms with Crippen LogP contribution in [0.15, 0.2) is 43.2 Å². The van der Waals surface area contributed by atoms with E-state index < -0.39 is 11.7 Å². The predicted molar refractivity (Wildman–Crippen MR) is 167 cm³/mol. The summed E-state index contributed by atoms with van der Waals surface area (Å²) in [5.41, 5.74) is -0.0833. The highest BCUT2D eigenvalue weighted by Gasteiger charge is 2.50. The summed E-state index contributed by atoms with van der Waals surface area (Å²) in [6.07, 6.45) is 3.18. The quantitative estimate of drug-likeness (QED) is 0.266. The van der Waals surface area contributed by atoms with Crippen molar-refractivity contribution >= 4 is 27.9 Å². The second-order valence-corrected chi connectivity index (χ2v) is 13.7. The Bertz CT molecular complexity index is 1510. The van der Waals surface area contributed by atoms with Crippen molar-refractivity contribution in [3.05, 3.63) is 60.2 Å². The molecule has 0 spiro atoms. The Morgan fingerprint density at radius 2 is 1.86 bits per heavy atom. The first kappa shape index (κ1) is 32.0. The van der Waals surface area contributed by atoms with Gasteiger partial charge in [-0.3, -0.25) is 14.5 Å². The second-order valence-electron chi connectivity index (χ2n) is 13.7. The highest BCUT2D eigenvalue weighted by Crippen LogP contribution is 2.46. The van der Waals surface area contributed by atoms with Crippen LogP contribution >= 0.6 is 0 Å². The summed E-state index contributed by atoms with van der Waals surface area (Å²) in [4.78, 5) is 19.3. The van der Waals surface area contributed by atoms with Gasteiger partial charge in [0.2, 0.25) is 0 Å². The number of halogens is 3. The molecule has 1 amide bonds. The van der Waals surface area contributed by atoms with Crippen LogP contribution in [0.1, 0.15) is 74.6 Å². The monoisotopic (exact) mass is 612 g/mol. The number of nitrogens with zero attached hydrogens (tertiary/aromatic N) is 4. The summed E-state index contributed by atoms with van der Waals surface area (Å²) in [6, 6.07) is 7.20. The number of alkyl halides is 3. The zero-order valence-electron chi connectivity index (χ0n) is 26.3. The number of nitrogens with one attached hydrogen (secondary N) is 2. The van der Waals surface area contributed by atoms with Crippen LogP contribution in [0.2, 0.25) is 0 Å². The Hall–Kier alpha value is -3.44. The molecule has 1 aromatic carbocycles. The van der Waals surface area contributed by atoms with E-state index in [0.29, 0.717) is 48.0 Å². The van der Waals surface area contributed by atoms with E-state index in [4.69, 9.17) is 4.74 Å². The summed E-state index contributed by atoms with van der Waals surface area (Å²) < 4.78 is 49.9. The second kappa shape index (κ2) is 11.8. The lowest BCUT2D eigenvalue weighted by atomic mass is 9.70. The number of allylic oxidation sites excluding steroid dienone is 1. The molecule has 238 valence electrons. The number of benzene rings is 1. The first-order valence-corrected chi connectivity index (χ1v) is 15.2. The maximum atomic E-state index is 13.9. The van der Waals surface area contributed by atoms with Crippen molar-refractivity contribution < 1.29 is 22.7 Å². The number of anilines is 1. The lowest BCUT2D eigenvalue weighted by Gasteiger charge is -2.54. The van der Waals surface area contributed by atoms with Crippen LogP contribution in [0.5, 0.6) is 0 Å². The van der Waals surface area contributed by atoms with Crippen LogP contribution in [0.3, 0.4) is 0 Å². The minimum atomic E-state index is -4.62. The molecular weight excluding hydrogens is 569 g/mol. The number of hydrogen-bond donors (Lipinski definition) is 2. The highest BCUT2D eigenvalue weighted by atomic mass is 19.4. The van der Waals surface area contributed by atoms with Gasteiger partial charge in [-0.15, -0.1) is 0 Å². The van der Waals surface area contributed by atoms with Gasteiger partial charge in [-0.2, -0.15) is 18.3 Å². The Balaban J connectivity index is 1.35. The molecule has 8 nitrogen and oxygen atoms in total. The van der Waals surface area contributed by atoms with E-state index in [9.17, 15) is 18.0 Å². The van der Waals surface area contributed by atoms with Gasteiger partial charge < -0.3 is 20.3 Å². The van der Waals surface area contributed by atoms with Crippen LogP contribution < -0.4 is 10.6 Å². The van der Waals surface area contributed by atoms with Gasteiger partial charge in [0.15, 0.2) is 0 Å². The fourth-order valence-electron chi connectivity index (χ4n) is 6.30. The Morgan fingerprint density at radius 3 is 2.45 bits per heavy atom. The number of amides is 1. The number of fused-ring (bicyclic) bond motifs is 4. The van der Waals surface area contributed by atoms with Crippen molar-refractivity contribution in [2.24, 2.45) is 0 Å². The number of hydrogen-bond acceptors (Lipinski definition) is 6. The van der Waals surface area contributed by atoms with Crippen molar-refractivity contribution in [2.75, 3.05) is 39.1 Å². The Kier molecular flexibility index (Phi) is 8.58. The van der Waals surface area contributed by atoms with Gasteiger partial charge in [0.25, 0.3) is 5.91 Å². The van der Waals surface area contributed by atoms with Crippen molar-refractivity contribution in [3.63, 3.8) is 0 Å². The van der Waals surface area contributed by atoms with Crippen molar-refractivity contribution in [3.8, 4) is 0 Å². The van der Waals surface area contributed by atoms with Gasteiger partial charge in [-0.1, -0.05) is 18.7 Å². The summed E-state index contributed by atoms with van der Waals surface area (Å²) in [6.45, 7) is 11.1. The number of likely N-dealkylation sites (N-methyl/N-ethyl adjacent to an activating group) is 1. The molecule has 44 heavy (non-hydrogen) atoms. The van der Waals surface area contributed by atoms with Crippen molar-refractivity contribution in [1.82, 2.24) is 25.0 Å². The molecule has 1 aliphatic carbocycles. The van der Waals surface area contributed by atoms with Gasteiger partial charge >= 0.3 is 6.18 Å². The third-order valence-electron chi connectivity index (χ3n) is 8.76. The largest absolute Gasteiger partial charge is 0.417 e. The van der Waals surface area contributed by atoms with Gasteiger partial charge in [-0.05, 0) is 85.5 Å². The van der Waals surface area contributed by atoms with E-state index in [1.165, 1.54) is 6.20 Å². The molecule has 0 atom stereocenters. The first-order valence-electron chi connectivity index (χ1n) is 15.2. The maximum Gasteiger partial charge on any atom is 0.417 e. The number of aromatic nitrogens is 3. The molecule has 0 radical (unpaired) electrons. The number of carbonyl (C=O) groups is 1. The predicted octanol–water partition coefficient (Wildman–Crippen LogP) is 6.18. The molecule has 2 aliphatic heterocycles. The SMILES string of the molecule is C=C(c1nc(CCCNC(=O)c2cnn(C(C)(C)C)c2)cc2c(NC34CCC(CN(C)C)(CC3)OC4)cccc12)C(F)(F)F. The molecule has 3 fully saturated rings. The van der Waals surface area contributed by atoms with Crippen LogP contribution in [0.25, 0.3) is 16.3 Å². The van der Waals surface area contributed by atoms with Crippen molar-refractivity contribution in [1.29, 1.82) is 0 Å². The molecule has 2 N–H and O–H groups in total. The molecular formula is C33H43F3N6O2. The van der Waals surface area contributed by atoms with Gasteiger partial charge in [0.05, 0.1) is 46.3 Å². The molecule has 1 saturated carbocycles. The zero-order valence-corrected chi connectivity index (χ0v) is 26.3. The average molecular weight is 613 g/mol. The molecule has 4 heterocycles. The maximum absolute atomic E-state index is 13.9. The number of rotatable bonds is 10. The lowest BCUT2D eigenvalue weighted by Crippen LogP contribution is -2.61. The number of ether oxygens (including phenoxy) is 1. The van der Waals surface area contributed by atoms with E-state index in [1.807, 2.05) is 32.9 Å². The Morgan fingerprint density at radius 1 is 1.14 bits per heavy atom. The standard InChI is InChI=1S/C33H43F3N6O2/c1-22(33(34,35)36)28-25-10-7-11-27(40-31-12-14-32(15-13-31,44-21-31)20-41(5)6)26(25)17-24(39-28)9-8-16-37-29(43)23-18-38-42(19-23)30(2,3)4/h7,10-11,17-19,40H,1,8-9,12-16,20-21H2,2-6H3,(H,37,43). The average Bonchev–Trinajstić information content (AvgIpc) is 3.47. The fraction of sp³-hybridized carbons (Fsp3) is 0.545. The molecule has 6 rings (SSSR count). The smallest absolute Gasteiger partial charge is 0.377 e. The van der Waals surface area contributed by atoms with Gasteiger partial charge in [0, 0.05) is 41.4 Å². The topological polar surface area (TPSA) is 84.3 Å². The lowest BCUT2D eigenvalue weighted by molar-refractivity contribution is -0.154. The van der Waals surface area contributed by atoms with E-state index in [0.717, 1.165) is 37.9 Å². The third-order valence-corrected chi connectivity index (χ3v) is 8.76. The molecule has 11 heteroatoms. The highest BCUT2D eigenvalue weighted by molar-refractivity contribution is 6.00. The molecule has 3 aliphatic rings. The first-order chi connectivity index (χ1) is 20.6. The number of pyridine rings is 1. The Labute approximate surface area is 257 Å². The summed E-state index contributed by atoms with van der Waals surface area (Å²) in [7, 11) is 4.11. The van der Waals surface area contributed by atoms with Crippen LogP contribution in [-0.2, 0) is 16.7 Å². The summed E-state index contributed by atoms with van der Waals surface area (Å²) in [5, 5.41) is 11.9. The van der Waals surface area contributed by atoms with Gasteiger partial charge in [0.1, 0.15) is 0 Å². The molecule has 3 aromatic rings. The number of aryl methyl sites for hydroxylation is 1.